The van der Waals surface area contributed by atoms with Crippen LogP contribution in [0.2, 0.25) is 5.02 Å². The van der Waals surface area contributed by atoms with E-state index < -0.39 is 17.6 Å². The first-order valence-corrected chi connectivity index (χ1v) is 8.64. The number of amides is 1. The van der Waals surface area contributed by atoms with E-state index >= 15 is 0 Å². The first-order valence-electron chi connectivity index (χ1n) is 8.27. The topological polar surface area (TPSA) is 92.3 Å². The predicted molar refractivity (Wildman–Crippen MR) is 104 cm³/mol. The largest absolute Gasteiger partial charge is 0.497 e. The van der Waals surface area contributed by atoms with Gasteiger partial charge in [-0.1, -0.05) is 23.7 Å². The maximum atomic E-state index is 12.6. The summed E-state index contributed by atoms with van der Waals surface area (Å²) in [5.74, 6) is -2.12. The number of ether oxygens (including phenoxy) is 1. The van der Waals surface area contributed by atoms with E-state index in [0.29, 0.717) is 27.8 Å². The lowest BCUT2D eigenvalue weighted by molar-refractivity contribution is -0.117. The van der Waals surface area contributed by atoms with Crippen LogP contribution in [0, 0.1) is 17.2 Å². The Morgan fingerprint density at radius 3 is 2.46 bits per heavy atom. The minimum absolute atomic E-state index is 0.0913. The number of carbonyl (C=O) groups excluding carboxylic acids is 2. The van der Waals surface area contributed by atoms with Crippen molar-refractivity contribution < 1.29 is 18.7 Å². The maximum Gasteiger partial charge on any atom is 0.249 e. The molecule has 1 atom stereocenters. The van der Waals surface area contributed by atoms with Crippen molar-refractivity contribution in [3.8, 4) is 23.1 Å². The molecule has 0 radical (unpaired) electrons. The standard InChI is InChI=1S/C21H15ClN2O4/c1-27-14-8-6-13(7-9-14)24-21(26)16(12-23)20(25)19-11-10-18(28-19)15-4-2-3-5-17(15)22/h2-11,16H,1H3,(H,24,26). The molecule has 3 rings (SSSR count). The molecule has 1 amide bonds. The molecule has 2 aromatic carbocycles. The molecule has 0 spiro atoms. The normalized spacial score (nSPS) is 11.3. The quantitative estimate of drug-likeness (QED) is 0.488. The van der Waals surface area contributed by atoms with E-state index in [1.54, 1.807) is 60.7 Å². The Hall–Kier alpha value is -3.56. The monoisotopic (exact) mass is 394 g/mol. The highest BCUT2D eigenvalue weighted by Gasteiger charge is 2.30. The van der Waals surface area contributed by atoms with Gasteiger partial charge >= 0.3 is 0 Å². The molecule has 0 saturated heterocycles. The van der Waals surface area contributed by atoms with Gasteiger partial charge in [0, 0.05) is 11.3 Å². The Labute approximate surface area is 166 Å². The van der Waals surface area contributed by atoms with Crippen molar-refractivity contribution in [1.82, 2.24) is 0 Å². The Bertz CT molecular complexity index is 1050. The number of Topliss-reactive ketones (excluding diaryl/α,β-unsaturated/α-hetero) is 1. The smallest absolute Gasteiger partial charge is 0.249 e. The van der Waals surface area contributed by atoms with Gasteiger partial charge in [0.2, 0.25) is 11.7 Å². The third-order valence-electron chi connectivity index (χ3n) is 4.00. The van der Waals surface area contributed by atoms with Crippen LogP contribution in [0.3, 0.4) is 0 Å². The highest BCUT2D eigenvalue weighted by Crippen LogP contribution is 2.29. The predicted octanol–water partition coefficient (Wildman–Crippen LogP) is 4.57. The van der Waals surface area contributed by atoms with Crippen LogP contribution in [-0.2, 0) is 4.79 Å². The van der Waals surface area contributed by atoms with Crippen LogP contribution in [0.1, 0.15) is 10.6 Å². The van der Waals surface area contributed by atoms with E-state index in [1.807, 2.05) is 0 Å². The second-order valence-electron chi connectivity index (χ2n) is 5.79. The zero-order valence-corrected chi connectivity index (χ0v) is 15.6. The summed E-state index contributed by atoms with van der Waals surface area (Å²) in [5.41, 5.74) is 1.05. The van der Waals surface area contributed by atoms with Crippen LogP contribution in [0.4, 0.5) is 5.69 Å². The molecule has 0 aliphatic heterocycles. The molecule has 0 bridgehead atoms. The fourth-order valence-corrected chi connectivity index (χ4v) is 2.77. The summed E-state index contributed by atoms with van der Waals surface area (Å²) in [6, 6.07) is 18.3. The molecular weight excluding hydrogens is 380 g/mol. The van der Waals surface area contributed by atoms with E-state index in [2.05, 4.69) is 5.32 Å². The van der Waals surface area contributed by atoms with Gasteiger partial charge in [-0.15, -0.1) is 0 Å². The van der Waals surface area contributed by atoms with Crippen LogP contribution in [0.15, 0.2) is 65.1 Å². The zero-order chi connectivity index (χ0) is 20.1. The van der Waals surface area contributed by atoms with Gasteiger partial charge in [0.1, 0.15) is 11.5 Å². The molecule has 1 aromatic heterocycles. The minimum Gasteiger partial charge on any atom is -0.497 e. The minimum atomic E-state index is -1.55. The number of nitrogens with zero attached hydrogens (tertiary/aromatic N) is 1. The van der Waals surface area contributed by atoms with Gasteiger partial charge in [0.05, 0.1) is 18.2 Å². The van der Waals surface area contributed by atoms with Crippen molar-refractivity contribution in [1.29, 1.82) is 5.26 Å². The SMILES string of the molecule is COc1ccc(NC(=O)C(C#N)C(=O)c2ccc(-c3ccccc3Cl)o2)cc1. The van der Waals surface area contributed by atoms with Crippen LogP contribution in [-0.4, -0.2) is 18.8 Å². The first-order chi connectivity index (χ1) is 13.5. The van der Waals surface area contributed by atoms with Crippen LogP contribution < -0.4 is 10.1 Å². The summed E-state index contributed by atoms with van der Waals surface area (Å²) >= 11 is 6.13. The molecule has 1 N–H and O–H groups in total. The van der Waals surface area contributed by atoms with Gasteiger partial charge in [-0.3, -0.25) is 9.59 Å². The lowest BCUT2D eigenvalue weighted by Gasteiger charge is -2.09. The number of furan rings is 1. The number of carbonyl (C=O) groups is 2. The molecule has 1 unspecified atom stereocenters. The Morgan fingerprint density at radius 2 is 1.82 bits per heavy atom. The van der Waals surface area contributed by atoms with E-state index in [9.17, 15) is 14.9 Å². The number of nitriles is 1. The number of nitrogens with one attached hydrogen (secondary N) is 1. The summed E-state index contributed by atoms with van der Waals surface area (Å²) in [6.07, 6.45) is 0. The van der Waals surface area contributed by atoms with Gasteiger partial charge in [-0.2, -0.15) is 5.26 Å². The number of ketones is 1. The summed E-state index contributed by atoms with van der Waals surface area (Å²) in [7, 11) is 1.53. The maximum absolute atomic E-state index is 12.6. The Morgan fingerprint density at radius 1 is 1.11 bits per heavy atom. The van der Waals surface area contributed by atoms with Crippen molar-refractivity contribution in [3.63, 3.8) is 0 Å². The zero-order valence-electron chi connectivity index (χ0n) is 14.8. The number of anilines is 1. The molecule has 0 aliphatic carbocycles. The number of hydrogen-bond acceptors (Lipinski definition) is 5. The molecule has 1 heterocycles. The van der Waals surface area contributed by atoms with E-state index in [-0.39, 0.29) is 5.76 Å². The molecule has 0 aliphatic rings. The van der Waals surface area contributed by atoms with E-state index in [1.165, 1.54) is 13.2 Å². The molecule has 0 fully saturated rings. The van der Waals surface area contributed by atoms with Gasteiger partial charge in [0.15, 0.2) is 11.7 Å². The average Bonchev–Trinajstić information content (AvgIpc) is 3.19. The van der Waals surface area contributed by atoms with Gasteiger partial charge in [0.25, 0.3) is 0 Å². The summed E-state index contributed by atoms with van der Waals surface area (Å²) in [4.78, 5) is 25.0. The van der Waals surface area contributed by atoms with Gasteiger partial charge in [-0.25, -0.2) is 0 Å². The summed E-state index contributed by atoms with van der Waals surface area (Å²) in [6.45, 7) is 0. The number of rotatable bonds is 6. The number of benzene rings is 2. The third-order valence-corrected chi connectivity index (χ3v) is 4.33. The molecule has 140 valence electrons. The van der Waals surface area contributed by atoms with Crippen molar-refractivity contribution in [2.45, 2.75) is 0 Å². The molecule has 28 heavy (non-hydrogen) atoms. The molecule has 7 heteroatoms. The van der Waals surface area contributed by atoms with E-state index in [0.717, 1.165) is 0 Å². The number of halogens is 1. The summed E-state index contributed by atoms with van der Waals surface area (Å²) in [5, 5.41) is 12.3. The Balaban J connectivity index is 1.77. The Kier molecular flexibility index (Phi) is 5.78. The lowest BCUT2D eigenvalue weighted by atomic mass is 10.0. The first kappa shape index (κ1) is 19.2. The highest BCUT2D eigenvalue weighted by atomic mass is 35.5. The van der Waals surface area contributed by atoms with Gasteiger partial charge in [-0.05, 0) is 48.5 Å². The van der Waals surface area contributed by atoms with Crippen LogP contribution >= 0.6 is 11.6 Å². The second kappa shape index (κ2) is 8.42. The van der Waals surface area contributed by atoms with Crippen molar-refractivity contribution in [2.75, 3.05) is 12.4 Å². The second-order valence-corrected chi connectivity index (χ2v) is 6.20. The lowest BCUT2D eigenvalue weighted by Crippen LogP contribution is -2.28. The van der Waals surface area contributed by atoms with Crippen LogP contribution in [0.5, 0.6) is 5.75 Å². The van der Waals surface area contributed by atoms with Crippen molar-refractivity contribution in [2.24, 2.45) is 5.92 Å². The van der Waals surface area contributed by atoms with Crippen molar-refractivity contribution in [3.05, 3.63) is 71.4 Å². The summed E-state index contributed by atoms with van der Waals surface area (Å²) < 4.78 is 10.6. The molecule has 0 saturated carbocycles. The third kappa shape index (κ3) is 4.05. The highest BCUT2D eigenvalue weighted by molar-refractivity contribution is 6.33. The van der Waals surface area contributed by atoms with E-state index in [4.69, 9.17) is 20.8 Å². The van der Waals surface area contributed by atoms with Gasteiger partial charge < -0.3 is 14.5 Å². The molecular formula is C21H15ClN2O4. The number of hydrogen-bond donors (Lipinski definition) is 1. The van der Waals surface area contributed by atoms with Crippen LogP contribution in [0.25, 0.3) is 11.3 Å². The molecule has 6 nitrogen and oxygen atoms in total. The average molecular weight is 395 g/mol. The fourth-order valence-electron chi connectivity index (χ4n) is 2.54. The molecule has 3 aromatic rings. The van der Waals surface area contributed by atoms with Crippen molar-refractivity contribution >= 4 is 29.0 Å². The fraction of sp³-hybridized carbons (Fsp3) is 0.0952. The number of methoxy groups -OCH3 is 1.